The Bertz CT molecular complexity index is 233. The fraction of sp³-hybridized carbons (Fsp3) is 0.778. The second kappa shape index (κ2) is 8.03. The van der Waals surface area contributed by atoms with E-state index in [1.54, 1.807) is 11.9 Å². The first-order chi connectivity index (χ1) is 7.45. The summed E-state index contributed by atoms with van der Waals surface area (Å²) in [4.78, 5) is 28.3. The first-order valence-corrected chi connectivity index (χ1v) is 5.09. The van der Waals surface area contributed by atoms with Gasteiger partial charge in [0.1, 0.15) is 0 Å². The number of nitrogens with one attached hydrogen (secondary N) is 2. The molecule has 0 atom stereocenters. The van der Waals surface area contributed by atoms with Gasteiger partial charge in [0.15, 0.2) is 0 Å². The Kier molecular flexibility index (Phi) is 7.44. The molecule has 0 aliphatic heterocycles. The number of nitrogens with two attached hydrogens (primary N) is 1. The third-order valence-corrected chi connectivity index (χ3v) is 1.73. The first-order valence-electron chi connectivity index (χ1n) is 5.09. The van der Waals surface area contributed by atoms with E-state index >= 15 is 0 Å². The summed E-state index contributed by atoms with van der Waals surface area (Å²) >= 11 is 0. The predicted octanol–water partition coefficient (Wildman–Crippen LogP) is -1.25. The molecular weight excluding hydrogens is 212 g/mol. The van der Waals surface area contributed by atoms with Gasteiger partial charge >= 0.3 is 5.97 Å². The average molecular weight is 232 g/mol. The minimum Gasteiger partial charge on any atom is -0.356 e. The smallest absolute Gasteiger partial charge is 0.327 e. The van der Waals surface area contributed by atoms with Crippen molar-refractivity contribution in [3.8, 4) is 0 Å². The molecule has 0 rings (SSSR count). The zero-order valence-electron chi connectivity index (χ0n) is 9.95. The van der Waals surface area contributed by atoms with Gasteiger partial charge in [-0.25, -0.2) is 5.84 Å². The van der Waals surface area contributed by atoms with E-state index in [1.165, 1.54) is 0 Å². The lowest BCUT2D eigenvalue weighted by atomic mass is 10.3. The van der Waals surface area contributed by atoms with Gasteiger partial charge in [-0.05, 0) is 20.9 Å². The predicted molar refractivity (Wildman–Crippen MR) is 58.8 cm³/mol. The normalized spacial score (nSPS) is 10.6. The molecule has 0 unspecified atom stereocenters. The van der Waals surface area contributed by atoms with Crippen LogP contribution in [-0.4, -0.2) is 43.0 Å². The Balaban J connectivity index is 3.69. The van der Waals surface area contributed by atoms with Gasteiger partial charge in [0, 0.05) is 12.6 Å². The van der Waals surface area contributed by atoms with E-state index in [0.29, 0.717) is 6.54 Å². The van der Waals surface area contributed by atoms with Crippen LogP contribution in [0.15, 0.2) is 0 Å². The molecule has 0 aliphatic rings. The molecule has 0 radical (unpaired) electrons. The Morgan fingerprint density at radius 2 is 2.06 bits per heavy atom. The van der Waals surface area contributed by atoms with E-state index in [9.17, 15) is 9.59 Å². The van der Waals surface area contributed by atoms with E-state index in [-0.39, 0.29) is 24.9 Å². The van der Waals surface area contributed by atoms with Crippen molar-refractivity contribution in [1.82, 2.24) is 15.8 Å². The van der Waals surface area contributed by atoms with Gasteiger partial charge < -0.3 is 10.2 Å². The number of nitrogens with zero attached hydrogens (tertiary/aromatic N) is 1. The Labute approximate surface area is 95.2 Å². The molecule has 0 aromatic rings. The van der Waals surface area contributed by atoms with E-state index in [4.69, 9.17) is 5.84 Å². The minimum atomic E-state index is -0.460. The lowest BCUT2D eigenvalue weighted by molar-refractivity contribution is -0.151. The second-order valence-corrected chi connectivity index (χ2v) is 3.80. The number of likely N-dealkylation sites (N-methyl/N-ethyl adjacent to an activating group) is 1. The van der Waals surface area contributed by atoms with Crippen LogP contribution in [0.1, 0.15) is 20.3 Å². The van der Waals surface area contributed by atoms with Crippen LogP contribution in [0, 0.1) is 0 Å². The van der Waals surface area contributed by atoms with Crippen LogP contribution in [0.25, 0.3) is 0 Å². The molecule has 16 heavy (non-hydrogen) atoms. The highest BCUT2D eigenvalue weighted by molar-refractivity contribution is 5.78. The maximum absolute atomic E-state index is 11.3. The van der Waals surface area contributed by atoms with Gasteiger partial charge in [0.2, 0.25) is 5.91 Å². The average Bonchev–Trinajstić information content (AvgIpc) is 2.13. The second-order valence-electron chi connectivity index (χ2n) is 3.80. The third kappa shape index (κ3) is 8.16. The summed E-state index contributed by atoms with van der Waals surface area (Å²) in [7, 11) is 1.75. The molecule has 0 saturated carbocycles. The lowest BCUT2D eigenvalue weighted by Crippen LogP contribution is -2.39. The van der Waals surface area contributed by atoms with Crippen LogP contribution < -0.4 is 16.7 Å². The Morgan fingerprint density at radius 3 is 2.56 bits per heavy atom. The molecular formula is C9H20N4O3. The van der Waals surface area contributed by atoms with Crippen molar-refractivity contribution >= 4 is 11.9 Å². The minimum absolute atomic E-state index is 0.0668. The number of carbonyl (C=O) groups is 2. The molecule has 0 aliphatic carbocycles. The summed E-state index contributed by atoms with van der Waals surface area (Å²) in [5, 5.41) is 2.76. The highest BCUT2D eigenvalue weighted by atomic mass is 16.7. The molecule has 1 amide bonds. The van der Waals surface area contributed by atoms with Gasteiger partial charge in [0.25, 0.3) is 0 Å². The third-order valence-electron chi connectivity index (χ3n) is 1.73. The number of hydrogen-bond acceptors (Lipinski definition) is 6. The van der Waals surface area contributed by atoms with Crippen molar-refractivity contribution in [2.24, 2.45) is 5.84 Å². The maximum atomic E-state index is 11.3. The van der Waals surface area contributed by atoms with Crippen LogP contribution in [0.2, 0.25) is 0 Å². The number of amides is 1. The summed E-state index contributed by atoms with van der Waals surface area (Å²) in [6.45, 7) is 4.47. The number of carbonyl (C=O) groups excluding carboxylic acids is 2. The topological polar surface area (TPSA) is 96.7 Å². The summed E-state index contributed by atoms with van der Waals surface area (Å²) in [5.74, 6) is 4.27. The number of hydrogen-bond donors (Lipinski definition) is 3. The van der Waals surface area contributed by atoms with E-state index in [0.717, 1.165) is 0 Å². The highest BCUT2D eigenvalue weighted by Crippen LogP contribution is 1.90. The number of hydrazine groups is 1. The van der Waals surface area contributed by atoms with Crippen molar-refractivity contribution in [3.05, 3.63) is 0 Å². The molecule has 0 saturated heterocycles. The molecule has 7 heteroatoms. The largest absolute Gasteiger partial charge is 0.356 e. The molecule has 0 aromatic heterocycles. The van der Waals surface area contributed by atoms with Crippen molar-refractivity contribution in [1.29, 1.82) is 0 Å². The van der Waals surface area contributed by atoms with Crippen molar-refractivity contribution < 1.29 is 14.4 Å². The van der Waals surface area contributed by atoms with Gasteiger partial charge in [-0.2, -0.15) is 0 Å². The zero-order valence-corrected chi connectivity index (χ0v) is 9.95. The Morgan fingerprint density at radius 1 is 1.44 bits per heavy atom. The summed E-state index contributed by atoms with van der Waals surface area (Å²) in [5.41, 5.74) is 1.81. The lowest BCUT2D eigenvalue weighted by Gasteiger charge is -2.16. The van der Waals surface area contributed by atoms with E-state index in [2.05, 4.69) is 10.2 Å². The van der Waals surface area contributed by atoms with E-state index in [1.807, 2.05) is 19.4 Å². The molecule has 7 nitrogen and oxygen atoms in total. The van der Waals surface area contributed by atoms with Crippen molar-refractivity contribution in [3.63, 3.8) is 0 Å². The van der Waals surface area contributed by atoms with Crippen LogP contribution >= 0.6 is 0 Å². The van der Waals surface area contributed by atoms with Crippen LogP contribution in [0.4, 0.5) is 0 Å². The van der Waals surface area contributed by atoms with Crippen LogP contribution in [-0.2, 0) is 14.4 Å². The van der Waals surface area contributed by atoms with Crippen LogP contribution in [0.3, 0.4) is 0 Å². The van der Waals surface area contributed by atoms with Gasteiger partial charge in [-0.15, -0.1) is 0 Å². The standard InChI is InChI=1S/C9H20N4O3/c1-7(2)11-8(14)6-13(3)5-4-9(15)16-12-10/h7,12H,4-6,10H2,1-3H3,(H,11,14). The fourth-order valence-electron chi connectivity index (χ4n) is 1.09. The SMILES string of the molecule is CC(C)NC(=O)CN(C)CCC(=O)ONN. The van der Waals surface area contributed by atoms with Crippen LogP contribution in [0.5, 0.6) is 0 Å². The number of rotatable bonds is 7. The summed E-state index contributed by atoms with van der Waals surface area (Å²) < 4.78 is 0. The zero-order chi connectivity index (χ0) is 12.6. The molecule has 0 fully saturated rings. The Hall–Kier alpha value is -1.18. The fourth-order valence-corrected chi connectivity index (χ4v) is 1.09. The molecule has 0 spiro atoms. The molecule has 94 valence electrons. The molecule has 0 bridgehead atoms. The van der Waals surface area contributed by atoms with Gasteiger partial charge in [-0.3, -0.25) is 14.5 Å². The molecule has 0 heterocycles. The first kappa shape index (κ1) is 14.8. The van der Waals surface area contributed by atoms with Gasteiger partial charge in [-0.1, -0.05) is 5.59 Å². The molecule has 0 aromatic carbocycles. The molecule has 4 N–H and O–H groups in total. The maximum Gasteiger partial charge on any atom is 0.327 e. The highest BCUT2D eigenvalue weighted by Gasteiger charge is 2.09. The summed E-state index contributed by atoms with van der Waals surface area (Å²) in [6.07, 6.45) is 0.176. The van der Waals surface area contributed by atoms with Gasteiger partial charge in [0.05, 0.1) is 13.0 Å². The quantitative estimate of drug-likeness (QED) is 0.375. The van der Waals surface area contributed by atoms with Crippen molar-refractivity contribution in [2.75, 3.05) is 20.1 Å². The summed E-state index contributed by atoms with van der Waals surface area (Å²) in [6, 6.07) is 0.118. The van der Waals surface area contributed by atoms with Crippen molar-refractivity contribution in [2.45, 2.75) is 26.3 Å². The van der Waals surface area contributed by atoms with E-state index < -0.39 is 5.97 Å². The monoisotopic (exact) mass is 232 g/mol.